The van der Waals surface area contributed by atoms with Crippen LogP contribution in [0.5, 0.6) is 11.5 Å². The normalized spacial score (nSPS) is 13.6. The van der Waals surface area contributed by atoms with Crippen LogP contribution in [0.4, 0.5) is 27.6 Å². The Morgan fingerprint density at radius 2 is 1.73 bits per heavy atom. The highest BCUT2D eigenvalue weighted by Gasteiger charge is 2.40. The Hall–Kier alpha value is -3.00. The van der Waals surface area contributed by atoms with Crippen molar-refractivity contribution in [1.82, 2.24) is 0 Å². The molecule has 1 saturated carbocycles. The van der Waals surface area contributed by atoms with E-state index in [0.29, 0.717) is 17.1 Å². The molecule has 1 aliphatic carbocycles. The molecule has 0 bridgehead atoms. The highest BCUT2D eigenvalue weighted by atomic mass is 32.2. The lowest BCUT2D eigenvalue weighted by molar-refractivity contribution is 0.261. The highest BCUT2D eigenvalue weighted by Crippen LogP contribution is 2.40. The fourth-order valence-corrected chi connectivity index (χ4v) is 4.14. The quantitative estimate of drug-likeness (QED) is 0.281. The fraction of sp³-hybridized carbons (Fsp3) is 0.263. The minimum Gasteiger partial charge on any atom is -0.494 e. The van der Waals surface area contributed by atoms with Crippen LogP contribution in [0.1, 0.15) is 12.8 Å². The van der Waals surface area contributed by atoms with E-state index in [0.717, 1.165) is 18.2 Å². The monoisotopic (exact) mass is 447 g/mol. The lowest BCUT2D eigenvalue weighted by atomic mass is 10.3. The number of anilines is 1. The molecule has 2 aromatic rings. The van der Waals surface area contributed by atoms with E-state index in [1.807, 2.05) is 5.92 Å². The second-order valence-corrected chi connectivity index (χ2v) is 8.07. The highest BCUT2D eigenvalue weighted by molar-refractivity contribution is 7.93. The fourth-order valence-electron chi connectivity index (χ4n) is 2.60. The molecule has 1 fully saturated rings. The Balaban J connectivity index is 2.23. The van der Waals surface area contributed by atoms with Crippen molar-refractivity contribution in [2.45, 2.75) is 23.8 Å². The van der Waals surface area contributed by atoms with Gasteiger partial charge in [0.2, 0.25) is 11.6 Å². The van der Waals surface area contributed by atoms with Crippen LogP contribution in [0.3, 0.4) is 0 Å². The summed E-state index contributed by atoms with van der Waals surface area (Å²) < 4.78 is 107. The maximum Gasteiger partial charge on any atom is 0.272 e. The summed E-state index contributed by atoms with van der Waals surface area (Å²) >= 11 is 0. The van der Waals surface area contributed by atoms with E-state index in [1.165, 1.54) is 7.11 Å². The van der Waals surface area contributed by atoms with Gasteiger partial charge in [-0.1, -0.05) is 5.92 Å². The third-order valence-electron chi connectivity index (χ3n) is 4.20. The summed E-state index contributed by atoms with van der Waals surface area (Å²) in [5.74, 6) is -9.24. The Morgan fingerprint density at radius 1 is 1.10 bits per heavy atom. The van der Waals surface area contributed by atoms with Crippen LogP contribution >= 0.6 is 0 Å². The Kier molecular flexibility index (Phi) is 5.81. The molecular weight excluding hydrogens is 433 g/mol. The molecule has 0 aliphatic heterocycles. The number of hydrogen-bond donors (Lipinski definition) is 0. The summed E-state index contributed by atoms with van der Waals surface area (Å²) in [6, 6.07) is 2.89. The number of methoxy groups -OCH3 is 1. The molecule has 3 rings (SSSR count). The second-order valence-electron chi connectivity index (χ2n) is 6.27. The first-order valence-electron chi connectivity index (χ1n) is 8.45. The van der Waals surface area contributed by atoms with Crippen LogP contribution in [-0.4, -0.2) is 28.2 Å². The minimum absolute atomic E-state index is 0.223. The molecule has 0 unspecified atom stereocenters. The smallest absolute Gasteiger partial charge is 0.272 e. The van der Waals surface area contributed by atoms with Crippen molar-refractivity contribution >= 4 is 15.7 Å². The number of sulfonamides is 1. The number of ether oxygens (including phenoxy) is 2. The summed E-state index contributed by atoms with van der Waals surface area (Å²) in [5, 5.41) is 0. The maximum absolute atomic E-state index is 14.6. The van der Waals surface area contributed by atoms with Gasteiger partial charge in [0.25, 0.3) is 10.0 Å². The zero-order chi connectivity index (χ0) is 22.2. The van der Waals surface area contributed by atoms with Crippen molar-refractivity contribution in [1.29, 1.82) is 0 Å². The van der Waals surface area contributed by atoms with E-state index in [1.54, 1.807) is 0 Å². The number of benzene rings is 2. The van der Waals surface area contributed by atoms with Gasteiger partial charge in [-0.15, -0.1) is 6.42 Å². The predicted molar refractivity (Wildman–Crippen MR) is 96.2 cm³/mol. The average Bonchev–Trinajstić information content (AvgIpc) is 3.52. The van der Waals surface area contributed by atoms with E-state index >= 15 is 0 Å². The third kappa shape index (κ3) is 3.75. The molecule has 0 aromatic heterocycles. The van der Waals surface area contributed by atoms with Crippen molar-refractivity contribution < 1.29 is 39.8 Å². The first-order valence-corrected chi connectivity index (χ1v) is 9.89. The summed E-state index contributed by atoms with van der Waals surface area (Å²) in [6.07, 6.45) is 5.27. The van der Waals surface area contributed by atoms with Gasteiger partial charge in [-0.3, -0.25) is 4.31 Å². The van der Waals surface area contributed by atoms with Crippen LogP contribution in [0, 0.1) is 41.4 Å². The van der Waals surface area contributed by atoms with Crippen LogP contribution in [0.15, 0.2) is 23.1 Å². The van der Waals surface area contributed by atoms with Crippen molar-refractivity contribution in [3.05, 3.63) is 47.3 Å². The molecule has 0 amide bonds. The third-order valence-corrected chi connectivity index (χ3v) is 6.00. The first kappa shape index (κ1) is 21.7. The van der Waals surface area contributed by atoms with Crippen molar-refractivity contribution in [2.24, 2.45) is 0 Å². The average molecular weight is 447 g/mol. The zero-order valence-corrected chi connectivity index (χ0v) is 16.2. The molecule has 0 heterocycles. The number of halogens is 5. The van der Waals surface area contributed by atoms with Crippen LogP contribution in [-0.2, 0) is 10.0 Å². The summed E-state index contributed by atoms with van der Waals surface area (Å²) in [6.45, 7) is -0.753. The first-order chi connectivity index (χ1) is 14.1. The molecule has 0 atom stereocenters. The molecule has 160 valence electrons. The van der Waals surface area contributed by atoms with E-state index in [9.17, 15) is 30.4 Å². The van der Waals surface area contributed by atoms with E-state index in [2.05, 4.69) is 0 Å². The van der Waals surface area contributed by atoms with E-state index in [4.69, 9.17) is 15.9 Å². The summed E-state index contributed by atoms with van der Waals surface area (Å²) in [7, 11) is -3.98. The van der Waals surface area contributed by atoms with Crippen molar-refractivity contribution in [3.8, 4) is 23.8 Å². The minimum atomic E-state index is -5.16. The number of terminal acetylenes is 1. The van der Waals surface area contributed by atoms with Crippen LogP contribution in [0.2, 0.25) is 0 Å². The van der Waals surface area contributed by atoms with Crippen molar-refractivity contribution in [3.63, 3.8) is 0 Å². The van der Waals surface area contributed by atoms with Gasteiger partial charge in [-0.2, -0.15) is 4.39 Å². The summed E-state index contributed by atoms with van der Waals surface area (Å²) in [5.41, 5.74) is -0.381. The number of nitrogens with zero attached hydrogens (tertiary/aromatic N) is 1. The Morgan fingerprint density at radius 3 is 2.27 bits per heavy atom. The van der Waals surface area contributed by atoms with Gasteiger partial charge in [0.15, 0.2) is 33.8 Å². The lowest BCUT2D eigenvalue weighted by Gasteiger charge is -2.24. The molecule has 2 aromatic carbocycles. The Labute approximate surface area is 169 Å². The number of rotatable bonds is 7. The topological polar surface area (TPSA) is 55.8 Å². The largest absolute Gasteiger partial charge is 0.494 e. The maximum atomic E-state index is 14.6. The van der Waals surface area contributed by atoms with E-state index in [-0.39, 0.29) is 11.4 Å². The standard InChI is InChI=1S/C19H14F5NO4S/c1-3-8-25(10-4-7-13(28-2)12(20)9-10)30(26,27)19-17(24)15(22)14(21)16(23)18(19)29-11-5-6-11/h1,4,7,9,11H,5-6,8H2,2H3. The van der Waals surface area contributed by atoms with Crippen LogP contribution in [0.25, 0.3) is 0 Å². The molecule has 0 spiro atoms. The molecule has 5 nitrogen and oxygen atoms in total. The zero-order valence-electron chi connectivity index (χ0n) is 15.4. The second kappa shape index (κ2) is 8.02. The molecule has 30 heavy (non-hydrogen) atoms. The van der Waals surface area contributed by atoms with Gasteiger partial charge in [-0.25, -0.2) is 26.0 Å². The molecule has 0 N–H and O–H groups in total. The predicted octanol–water partition coefficient (Wildman–Crippen LogP) is 3.76. The molecule has 0 radical (unpaired) electrons. The van der Waals surface area contributed by atoms with Gasteiger partial charge in [0.05, 0.1) is 25.4 Å². The lowest BCUT2D eigenvalue weighted by Crippen LogP contribution is -2.33. The molecule has 11 heteroatoms. The van der Waals surface area contributed by atoms with Crippen LogP contribution < -0.4 is 13.8 Å². The SMILES string of the molecule is C#CCN(c1ccc(OC)c(F)c1)S(=O)(=O)c1c(F)c(F)c(F)c(F)c1OC1CC1. The van der Waals surface area contributed by atoms with E-state index < -0.39 is 62.4 Å². The van der Waals surface area contributed by atoms with Gasteiger partial charge in [-0.05, 0) is 25.0 Å². The molecule has 0 saturated heterocycles. The molecule has 1 aliphatic rings. The van der Waals surface area contributed by atoms with Gasteiger partial charge >= 0.3 is 0 Å². The van der Waals surface area contributed by atoms with Gasteiger partial charge in [0, 0.05) is 6.07 Å². The number of hydrogen-bond acceptors (Lipinski definition) is 4. The molecular formula is C19H14F5NO4S. The van der Waals surface area contributed by atoms with Gasteiger partial charge in [0.1, 0.15) is 0 Å². The Bertz CT molecular complexity index is 1140. The van der Waals surface area contributed by atoms with Crippen molar-refractivity contribution in [2.75, 3.05) is 18.0 Å². The summed E-state index contributed by atoms with van der Waals surface area (Å²) in [4.78, 5) is -1.57. The van der Waals surface area contributed by atoms with Gasteiger partial charge < -0.3 is 9.47 Å².